The van der Waals surface area contributed by atoms with Crippen molar-refractivity contribution in [1.29, 1.82) is 0 Å². The van der Waals surface area contributed by atoms with Gasteiger partial charge in [-0.1, -0.05) is 19.4 Å². The van der Waals surface area contributed by atoms with E-state index in [1.807, 2.05) is 32.0 Å². The van der Waals surface area contributed by atoms with Gasteiger partial charge in [0, 0.05) is 10.2 Å². The predicted molar refractivity (Wildman–Crippen MR) is 77.8 cm³/mol. The SMILES string of the molecule is CCCC(Nc1cc(C)ccc1Br)C(=O)OCC. The summed E-state index contributed by atoms with van der Waals surface area (Å²) >= 11 is 3.48. The topological polar surface area (TPSA) is 38.3 Å². The molecule has 0 aromatic heterocycles. The molecule has 0 aliphatic heterocycles. The van der Waals surface area contributed by atoms with Crippen LogP contribution in [0.3, 0.4) is 0 Å². The summed E-state index contributed by atoms with van der Waals surface area (Å²) in [6.07, 6.45) is 1.69. The molecule has 1 aromatic rings. The minimum atomic E-state index is -0.284. The Morgan fingerprint density at radius 3 is 2.78 bits per heavy atom. The van der Waals surface area contributed by atoms with Crippen LogP contribution in [0.4, 0.5) is 5.69 Å². The Morgan fingerprint density at radius 1 is 1.44 bits per heavy atom. The maximum atomic E-state index is 11.8. The van der Waals surface area contributed by atoms with E-state index in [1.54, 1.807) is 0 Å². The van der Waals surface area contributed by atoms with Crippen molar-refractivity contribution in [3.8, 4) is 0 Å². The van der Waals surface area contributed by atoms with E-state index in [-0.39, 0.29) is 12.0 Å². The smallest absolute Gasteiger partial charge is 0.328 e. The number of hydrogen-bond acceptors (Lipinski definition) is 3. The summed E-state index contributed by atoms with van der Waals surface area (Å²) in [6, 6.07) is 5.74. The normalized spacial score (nSPS) is 12.0. The second kappa shape index (κ2) is 7.41. The van der Waals surface area contributed by atoms with Crippen molar-refractivity contribution in [2.45, 2.75) is 39.7 Å². The first-order valence-corrected chi connectivity index (χ1v) is 7.07. The highest BCUT2D eigenvalue weighted by molar-refractivity contribution is 9.10. The lowest BCUT2D eigenvalue weighted by atomic mass is 10.1. The highest BCUT2D eigenvalue weighted by Gasteiger charge is 2.19. The standard InChI is InChI=1S/C14H20BrNO2/c1-4-6-12(14(17)18-5-2)16-13-9-10(3)7-8-11(13)15/h7-9,12,16H,4-6H2,1-3H3. The van der Waals surface area contributed by atoms with Gasteiger partial charge in [-0.3, -0.25) is 0 Å². The summed E-state index contributed by atoms with van der Waals surface area (Å²) in [6.45, 7) is 6.31. The van der Waals surface area contributed by atoms with Crippen molar-refractivity contribution in [2.75, 3.05) is 11.9 Å². The third-order valence-corrected chi connectivity index (χ3v) is 3.29. The van der Waals surface area contributed by atoms with E-state index in [4.69, 9.17) is 4.74 Å². The molecule has 1 unspecified atom stereocenters. The lowest BCUT2D eigenvalue weighted by Gasteiger charge is -2.19. The zero-order valence-corrected chi connectivity index (χ0v) is 12.7. The summed E-state index contributed by atoms with van der Waals surface area (Å²) < 4.78 is 6.04. The molecule has 0 bridgehead atoms. The zero-order chi connectivity index (χ0) is 13.5. The quantitative estimate of drug-likeness (QED) is 0.809. The van der Waals surface area contributed by atoms with Crippen LogP contribution in [0.2, 0.25) is 0 Å². The average molecular weight is 314 g/mol. The number of hydrogen-bond donors (Lipinski definition) is 1. The molecule has 1 atom stereocenters. The number of anilines is 1. The van der Waals surface area contributed by atoms with Crippen LogP contribution in [-0.2, 0) is 9.53 Å². The highest BCUT2D eigenvalue weighted by atomic mass is 79.9. The van der Waals surface area contributed by atoms with E-state index in [0.717, 1.165) is 28.6 Å². The molecule has 0 amide bonds. The van der Waals surface area contributed by atoms with E-state index in [1.165, 1.54) is 0 Å². The molecule has 1 rings (SSSR count). The molecule has 100 valence electrons. The first-order chi connectivity index (χ1) is 8.58. The minimum Gasteiger partial charge on any atom is -0.464 e. The molecule has 0 aliphatic carbocycles. The van der Waals surface area contributed by atoms with Gasteiger partial charge in [0.1, 0.15) is 6.04 Å². The highest BCUT2D eigenvalue weighted by Crippen LogP contribution is 2.25. The maximum Gasteiger partial charge on any atom is 0.328 e. The molecule has 3 nitrogen and oxygen atoms in total. The van der Waals surface area contributed by atoms with Crippen molar-refractivity contribution in [1.82, 2.24) is 0 Å². The van der Waals surface area contributed by atoms with Crippen molar-refractivity contribution in [2.24, 2.45) is 0 Å². The summed E-state index contributed by atoms with van der Waals surface area (Å²) in [4.78, 5) is 11.8. The third kappa shape index (κ3) is 4.33. The fourth-order valence-electron chi connectivity index (χ4n) is 1.72. The predicted octanol–water partition coefficient (Wildman–Crippen LogP) is 3.90. The van der Waals surface area contributed by atoms with Crippen molar-refractivity contribution < 1.29 is 9.53 Å². The number of benzene rings is 1. The van der Waals surface area contributed by atoms with Crippen molar-refractivity contribution in [3.05, 3.63) is 28.2 Å². The number of aryl methyl sites for hydroxylation is 1. The fraction of sp³-hybridized carbons (Fsp3) is 0.500. The van der Waals surface area contributed by atoms with Gasteiger partial charge in [0.15, 0.2) is 0 Å². The molecule has 0 radical (unpaired) electrons. The van der Waals surface area contributed by atoms with E-state index in [2.05, 4.69) is 28.2 Å². The first kappa shape index (κ1) is 15.0. The van der Waals surface area contributed by atoms with Crippen LogP contribution in [-0.4, -0.2) is 18.6 Å². The number of esters is 1. The molecule has 0 saturated heterocycles. The second-order valence-corrected chi connectivity index (χ2v) is 5.08. The third-order valence-electron chi connectivity index (χ3n) is 2.60. The Balaban J connectivity index is 2.82. The largest absolute Gasteiger partial charge is 0.464 e. The Morgan fingerprint density at radius 2 is 2.17 bits per heavy atom. The molecule has 1 N–H and O–H groups in total. The summed E-state index contributed by atoms with van der Waals surface area (Å²) in [5.41, 5.74) is 2.08. The van der Waals surface area contributed by atoms with Crippen LogP contribution in [0.1, 0.15) is 32.3 Å². The molecule has 0 heterocycles. The molecular formula is C14H20BrNO2. The summed E-state index contributed by atoms with van der Waals surface area (Å²) in [7, 11) is 0. The number of carbonyl (C=O) groups excluding carboxylic acids is 1. The van der Waals surface area contributed by atoms with Gasteiger partial charge in [0.25, 0.3) is 0 Å². The van der Waals surface area contributed by atoms with Gasteiger partial charge >= 0.3 is 5.97 Å². The van der Waals surface area contributed by atoms with Gasteiger partial charge in [0.2, 0.25) is 0 Å². The molecule has 4 heteroatoms. The van der Waals surface area contributed by atoms with Crippen molar-refractivity contribution >= 4 is 27.6 Å². The lowest BCUT2D eigenvalue weighted by Crippen LogP contribution is -2.31. The summed E-state index contributed by atoms with van der Waals surface area (Å²) in [5.74, 6) is -0.187. The van der Waals surface area contributed by atoms with Crippen LogP contribution < -0.4 is 5.32 Å². The number of nitrogens with one attached hydrogen (secondary N) is 1. The van der Waals surface area contributed by atoms with Gasteiger partial charge in [-0.2, -0.15) is 0 Å². The van der Waals surface area contributed by atoms with Crippen LogP contribution in [0.5, 0.6) is 0 Å². The molecule has 0 saturated carbocycles. The van der Waals surface area contributed by atoms with E-state index in [0.29, 0.717) is 6.61 Å². The Kier molecular flexibility index (Phi) is 6.19. The van der Waals surface area contributed by atoms with Gasteiger partial charge in [-0.05, 0) is 53.9 Å². The van der Waals surface area contributed by atoms with Crippen LogP contribution >= 0.6 is 15.9 Å². The van der Waals surface area contributed by atoms with E-state index >= 15 is 0 Å². The number of ether oxygens (including phenoxy) is 1. The molecular weight excluding hydrogens is 294 g/mol. The second-order valence-electron chi connectivity index (χ2n) is 4.22. The number of rotatable bonds is 6. The number of carbonyl (C=O) groups is 1. The minimum absolute atomic E-state index is 0.187. The maximum absolute atomic E-state index is 11.8. The molecule has 18 heavy (non-hydrogen) atoms. The van der Waals surface area contributed by atoms with Gasteiger partial charge in [0.05, 0.1) is 6.61 Å². The molecule has 0 spiro atoms. The van der Waals surface area contributed by atoms with Crippen LogP contribution in [0.15, 0.2) is 22.7 Å². The van der Waals surface area contributed by atoms with E-state index < -0.39 is 0 Å². The molecule has 0 fully saturated rings. The van der Waals surface area contributed by atoms with E-state index in [9.17, 15) is 4.79 Å². The zero-order valence-electron chi connectivity index (χ0n) is 11.1. The summed E-state index contributed by atoms with van der Waals surface area (Å²) in [5, 5.41) is 3.25. The fourth-order valence-corrected chi connectivity index (χ4v) is 2.08. The van der Waals surface area contributed by atoms with Crippen molar-refractivity contribution in [3.63, 3.8) is 0 Å². The molecule has 1 aromatic carbocycles. The Hall–Kier alpha value is -1.03. The first-order valence-electron chi connectivity index (χ1n) is 6.27. The number of halogens is 1. The monoisotopic (exact) mass is 313 g/mol. The Labute approximate surface area is 117 Å². The van der Waals surface area contributed by atoms with Gasteiger partial charge in [-0.25, -0.2) is 4.79 Å². The average Bonchev–Trinajstić information content (AvgIpc) is 2.33. The Bertz CT molecular complexity index is 407. The van der Waals surface area contributed by atoms with Gasteiger partial charge < -0.3 is 10.1 Å². The lowest BCUT2D eigenvalue weighted by molar-refractivity contribution is -0.144. The molecule has 0 aliphatic rings. The van der Waals surface area contributed by atoms with Gasteiger partial charge in [-0.15, -0.1) is 0 Å². The van der Waals surface area contributed by atoms with Crippen LogP contribution in [0.25, 0.3) is 0 Å². The van der Waals surface area contributed by atoms with Crippen LogP contribution in [0, 0.1) is 6.92 Å².